The van der Waals surface area contributed by atoms with Crippen molar-refractivity contribution < 1.29 is 0 Å². The van der Waals surface area contributed by atoms with E-state index in [1.807, 2.05) is 32.9 Å². The van der Waals surface area contributed by atoms with Crippen molar-refractivity contribution >= 4 is 10.9 Å². The molecule has 0 aliphatic heterocycles. The van der Waals surface area contributed by atoms with Crippen molar-refractivity contribution in [1.29, 1.82) is 0 Å². The molecule has 2 rings (SSSR count). The lowest BCUT2D eigenvalue weighted by Crippen LogP contribution is -2.30. The third kappa shape index (κ3) is 1.78. The van der Waals surface area contributed by atoms with Crippen LogP contribution in [-0.2, 0) is 5.54 Å². The van der Waals surface area contributed by atoms with E-state index in [4.69, 9.17) is 5.73 Å². The highest BCUT2D eigenvalue weighted by atomic mass is 14.9. The molecule has 0 aliphatic rings. The van der Waals surface area contributed by atoms with E-state index in [1.54, 1.807) is 0 Å². The molecule has 1 aromatic carbocycles. The molecule has 2 N–H and O–H groups in total. The number of rotatable bonds is 1. The maximum atomic E-state index is 6.15. The minimum absolute atomic E-state index is 0.445. The molecule has 0 bridgehead atoms. The van der Waals surface area contributed by atoms with E-state index in [0.717, 1.165) is 28.0 Å². The van der Waals surface area contributed by atoms with Crippen LogP contribution in [0.1, 0.15) is 30.9 Å². The molecule has 1 aromatic heterocycles. The highest BCUT2D eigenvalue weighted by molar-refractivity contribution is 5.84. The zero-order valence-electron chi connectivity index (χ0n) is 10.2. The average molecular weight is 215 g/mol. The van der Waals surface area contributed by atoms with E-state index < -0.39 is 5.54 Å². The Morgan fingerprint density at radius 2 is 1.81 bits per heavy atom. The Balaban J connectivity index is 2.89. The number of nitrogens with zero attached hydrogens (tertiary/aromatic N) is 2. The van der Waals surface area contributed by atoms with Gasteiger partial charge in [-0.1, -0.05) is 18.2 Å². The Hall–Kier alpha value is -1.48. The largest absolute Gasteiger partial charge is 0.321 e. The Bertz CT molecular complexity index is 539. The Kier molecular flexibility index (Phi) is 2.43. The molecular weight excluding hydrogens is 198 g/mol. The topological polar surface area (TPSA) is 51.8 Å². The predicted octanol–water partition coefficient (Wildman–Crippen LogP) is 2.44. The number of aromatic nitrogens is 2. The summed E-state index contributed by atoms with van der Waals surface area (Å²) in [6.45, 7) is 7.90. The maximum absolute atomic E-state index is 6.15. The van der Waals surface area contributed by atoms with Gasteiger partial charge in [-0.2, -0.15) is 0 Å². The SMILES string of the molecule is Cc1nc(C(C)(C)N)c2cccc(C)c2n1. The lowest BCUT2D eigenvalue weighted by atomic mass is 9.96. The van der Waals surface area contributed by atoms with Gasteiger partial charge in [-0.15, -0.1) is 0 Å². The summed E-state index contributed by atoms with van der Waals surface area (Å²) < 4.78 is 0. The molecule has 0 saturated heterocycles. The van der Waals surface area contributed by atoms with E-state index in [9.17, 15) is 0 Å². The number of benzene rings is 1. The van der Waals surface area contributed by atoms with Crippen molar-refractivity contribution in [2.24, 2.45) is 5.73 Å². The summed E-state index contributed by atoms with van der Waals surface area (Å²) in [5.74, 6) is 0.773. The molecule has 0 unspecified atom stereocenters. The number of hydrogen-bond donors (Lipinski definition) is 1. The first-order valence-electron chi connectivity index (χ1n) is 5.43. The molecule has 0 fully saturated rings. The van der Waals surface area contributed by atoms with Crippen LogP contribution in [0.25, 0.3) is 10.9 Å². The van der Waals surface area contributed by atoms with Crippen LogP contribution in [0.2, 0.25) is 0 Å². The predicted molar refractivity (Wildman–Crippen MR) is 66.2 cm³/mol. The standard InChI is InChI=1S/C13H17N3/c1-8-6-5-7-10-11(8)15-9(2)16-12(10)13(3,4)14/h5-7H,14H2,1-4H3. The second kappa shape index (κ2) is 3.52. The smallest absolute Gasteiger partial charge is 0.126 e. The Labute approximate surface area is 95.7 Å². The molecule has 0 aliphatic carbocycles. The fraction of sp³-hybridized carbons (Fsp3) is 0.385. The van der Waals surface area contributed by atoms with E-state index in [0.29, 0.717) is 0 Å². The summed E-state index contributed by atoms with van der Waals surface area (Å²) in [5.41, 5.74) is 8.79. The molecule has 2 aromatic rings. The van der Waals surface area contributed by atoms with Crippen molar-refractivity contribution in [2.75, 3.05) is 0 Å². The van der Waals surface area contributed by atoms with Gasteiger partial charge in [-0.05, 0) is 33.3 Å². The van der Waals surface area contributed by atoms with Gasteiger partial charge in [0.15, 0.2) is 0 Å². The van der Waals surface area contributed by atoms with E-state index >= 15 is 0 Å². The highest BCUT2D eigenvalue weighted by Crippen LogP contribution is 2.25. The van der Waals surface area contributed by atoms with E-state index in [2.05, 4.69) is 23.0 Å². The summed E-state index contributed by atoms with van der Waals surface area (Å²) in [6, 6.07) is 6.11. The third-order valence-corrected chi connectivity index (χ3v) is 2.65. The fourth-order valence-electron chi connectivity index (χ4n) is 1.90. The van der Waals surface area contributed by atoms with E-state index in [1.165, 1.54) is 0 Å². The summed E-state index contributed by atoms with van der Waals surface area (Å²) in [5, 5.41) is 1.05. The van der Waals surface area contributed by atoms with Crippen molar-refractivity contribution in [3.63, 3.8) is 0 Å². The van der Waals surface area contributed by atoms with Crippen LogP contribution in [-0.4, -0.2) is 9.97 Å². The zero-order chi connectivity index (χ0) is 11.9. The van der Waals surface area contributed by atoms with Gasteiger partial charge in [0, 0.05) is 5.39 Å². The Morgan fingerprint density at radius 3 is 2.44 bits per heavy atom. The molecule has 0 spiro atoms. The van der Waals surface area contributed by atoms with Crippen LogP contribution in [0.15, 0.2) is 18.2 Å². The molecule has 0 amide bonds. The first kappa shape index (κ1) is 11.0. The molecule has 0 saturated carbocycles. The molecule has 0 atom stereocenters. The number of fused-ring (bicyclic) bond motifs is 1. The first-order valence-corrected chi connectivity index (χ1v) is 5.43. The second-order valence-electron chi connectivity index (χ2n) is 4.81. The maximum Gasteiger partial charge on any atom is 0.126 e. The van der Waals surface area contributed by atoms with Crippen molar-refractivity contribution in [3.05, 3.63) is 35.3 Å². The molecule has 16 heavy (non-hydrogen) atoms. The summed E-state index contributed by atoms with van der Waals surface area (Å²) in [7, 11) is 0. The molecule has 1 heterocycles. The molecule has 84 valence electrons. The number of nitrogens with two attached hydrogens (primary N) is 1. The van der Waals surface area contributed by atoms with Crippen LogP contribution in [0.4, 0.5) is 0 Å². The second-order valence-corrected chi connectivity index (χ2v) is 4.81. The van der Waals surface area contributed by atoms with Gasteiger partial charge in [0.25, 0.3) is 0 Å². The monoisotopic (exact) mass is 215 g/mol. The van der Waals surface area contributed by atoms with E-state index in [-0.39, 0.29) is 0 Å². The minimum Gasteiger partial charge on any atom is -0.321 e. The van der Waals surface area contributed by atoms with Crippen LogP contribution in [0, 0.1) is 13.8 Å². The van der Waals surface area contributed by atoms with Crippen LogP contribution >= 0.6 is 0 Å². The van der Waals surface area contributed by atoms with Gasteiger partial charge in [0.2, 0.25) is 0 Å². The molecular formula is C13H17N3. The van der Waals surface area contributed by atoms with Crippen LogP contribution in [0.3, 0.4) is 0 Å². The van der Waals surface area contributed by atoms with Crippen LogP contribution in [0.5, 0.6) is 0 Å². The van der Waals surface area contributed by atoms with Gasteiger partial charge in [0.1, 0.15) is 5.82 Å². The highest BCUT2D eigenvalue weighted by Gasteiger charge is 2.20. The lowest BCUT2D eigenvalue weighted by Gasteiger charge is -2.20. The number of para-hydroxylation sites is 1. The van der Waals surface area contributed by atoms with Crippen LogP contribution < -0.4 is 5.73 Å². The van der Waals surface area contributed by atoms with Crippen molar-refractivity contribution in [1.82, 2.24) is 9.97 Å². The van der Waals surface area contributed by atoms with Gasteiger partial charge in [0.05, 0.1) is 16.7 Å². The third-order valence-electron chi connectivity index (χ3n) is 2.65. The van der Waals surface area contributed by atoms with Crippen molar-refractivity contribution in [2.45, 2.75) is 33.2 Å². The molecule has 0 radical (unpaired) electrons. The molecule has 3 heteroatoms. The minimum atomic E-state index is -0.445. The zero-order valence-corrected chi connectivity index (χ0v) is 10.2. The fourth-order valence-corrected chi connectivity index (χ4v) is 1.90. The normalized spacial score (nSPS) is 12.1. The molecule has 3 nitrogen and oxygen atoms in total. The van der Waals surface area contributed by atoms with Crippen molar-refractivity contribution in [3.8, 4) is 0 Å². The number of hydrogen-bond acceptors (Lipinski definition) is 3. The summed E-state index contributed by atoms with van der Waals surface area (Å²) in [6.07, 6.45) is 0. The average Bonchev–Trinajstić information content (AvgIpc) is 2.17. The van der Waals surface area contributed by atoms with Gasteiger partial charge < -0.3 is 5.73 Å². The quantitative estimate of drug-likeness (QED) is 0.795. The Morgan fingerprint density at radius 1 is 1.12 bits per heavy atom. The number of aryl methyl sites for hydroxylation is 2. The lowest BCUT2D eigenvalue weighted by molar-refractivity contribution is 0.538. The van der Waals surface area contributed by atoms with Gasteiger partial charge in [-0.25, -0.2) is 9.97 Å². The van der Waals surface area contributed by atoms with Gasteiger partial charge >= 0.3 is 0 Å². The first-order chi connectivity index (χ1) is 7.39. The summed E-state index contributed by atoms with van der Waals surface area (Å²) >= 11 is 0. The van der Waals surface area contributed by atoms with Gasteiger partial charge in [-0.3, -0.25) is 0 Å². The summed E-state index contributed by atoms with van der Waals surface area (Å²) in [4.78, 5) is 8.96.